The third-order valence-electron chi connectivity index (χ3n) is 3.03. The summed E-state index contributed by atoms with van der Waals surface area (Å²) in [6.45, 7) is 11.4. The van der Waals surface area contributed by atoms with E-state index in [1.165, 1.54) is 12.8 Å². The molecule has 0 aliphatic carbocycles. The van der Waals surface area contributed by atoms with Gasteiger partial charge in [0, 0.05) is 0 Å². The van der Waals surface area contributed by atoms with Crippen LogP contribution in [0, 0.1) is 17.3 Å². The molecule has 1 saturated heterocycles. The molecule has 0 saturated carbocycles. The Labute approximate surface area is 94.3 Å². The van der Waals surface area contributed by atoms with Crippen molar-refractivity contribution in [1.29, 1.82) is 0 Å². The quantitative estimate of drug-likeness (QED) is 0.713. The summed E-state index contributed by atoms with van der Waals surface area (Å²) in [5.41, 5.74) is 0.360. The lowest BCUT2D eigenvalue weighted by Gasteiger charge is -2.35. The van der Waals surface area contributed by atoms with Crippen LogP contribution in [0.4, 0.5) is 0 Å². The SMILES string of the molecule is CC(C)CC1(CC(C)C)CCOCOC1. The summed E-state index contributed by atoms with van der Waals surface area (Å²) < 4.78 is 11.0. The van der Waals surface area contributed by atoms with Gasteiger partial charge in [-0.3, -0.25) is 0 Å². The van der Waals surface area contributed by atoms with E-state index in [0.29, 0.717) is 12.2 Å². The van der Waals surface area contributed by atoms with E-state index in [0.717, 1.165) is 31.5 Å². The Morgan fingerprint density at radius 1 is 1.00 bits per heavy atom. The molecule has 0 amide bonds. The Morgan fingerprint density at radius 2 is 1.60 bits per heavy atom. The first-order valence-electron chi connectivity index (χ1n) is 6.19. The molecule has 0 N–H and O–H groups in total. The van der Waals surface area contributed by atoms with Crippen LogP contribution < -0.4 is 0 Å². The van der Waals surface area contributed by atoms with Crippen LogP contribution in [0.3, 0.4) is 0 Å². The van der Waals surface area contributed by atoms with Crippen molar-refractivity contribution in [3.63, 3.8) is 0 Å². The minimum absolute atomic E-state index is 0.360. The molecule has 0 spiro atoms. The first-order valence-corrected chi connectivity index (χ1v) is 6.19. The minimum atomic E-state index is 0.360. The maximum Gasteiger partial charge on any atom is 0.146 e. The number of ether oxygens (including phenoxy) is 2. The number of hydrogen-bond acceptors (Lipinski definition) is 2. The van der Waals surface area contributed by atoms with E-state index >= 15 is 0 Å². The van der Waals surface area contributed by atoms with Crippen LogP contribution >= 0.6 is 0 Å². The fraction of sp³-hybridized carbons (Fsp3) is 1.00. The van der Waals surface area contributed by atoms with Gasteiger partial charge in [0.1, 0.15) is 6.79 Å². The second-order valence-electron chi connectivity index (χ2n) is 5.82. The zero-order valence-corrected chi connectivity index (χ0v) is 10.7. The highest BCUT2D eigenvalue weighted by Crippen LogP contribution is 2.38. The fourth-order valence-electron chi connectivity index (χ4n) is 2.87. The predicted molar refractivity (Wildman–Crippen MR) is 62.7 cm³/mol. The monoisotopic (exact) mass is 214 g/mol. The molecule has 1 heterocycles. The molecule has 2 nitrogen and oxygen atoms in total. The molecular formula is C13H26O2. The zero-order chi connectivity index (χ0) is 11.3. The van der Waals surface area contributed by atoms with Gasteiger partial charge in [-0.1, -0.05) is 27.7 Å². The van der Waals surface area contributed by atoms with Crippen LogP contribution in [0.5, 0.6) is 0 Å². The van der Waals surface area contributed by atoms with Gasteiger partial charge in [0.15, 0.2) is 0 Å². The van der Waals surface area contributed by atoms with Crippen molar-refractivity contribution in [1.82, 2.24) is 0 Å². The Balaban J connectivity index is 2.63. The van der Waals surface area contributed by atoms with Gasteiger partial charge in [-0.25, -0.2) is 0 Å². The highest BCUT2D eigenvalue weighted by molar-refractivity contribution is 4.82. The molecule has 90 valence electrons. The van der Waals surface area contributed by atoms with Crippen LogP contribution in [0.2, 0.25) is 0 Å². The lowest BCUT2D eigenvalue weighted by Crippen LogP contribution is -2.30. The molecule has 15 heavy (non-hydrogen) atoms. The molecule has 0 bridgehead atoms. The average Bonchev–Trinajstić information content (AvgIpc) is 2.27. The van der Waals surface area contributed by atoms with E-state index in [1.807, 2.05) is 0 Å². The minimum Gasteiger partial charge on any atom is -0.355 e. The molecule has 0 aromatic carbocycles. The maximum absolute atomic E-state index is 5.59. The average molecular weight is 214 g/mol. The summed E-state index contributed by atoms with van der Waals surface area (Å²) in [7, 11) is 0. The first kappa shape index (κ1) is 13.0. The molecule has 1 aliphatic heterocycles. The standard InChI is InChI=1S/C13H26O2/c1-11(2)7-13(8-12(3)4)5-6-14-10-15-9-13/h11-12H,5-10H2,1-4H3. The van der Waals surface area contributed by atoms with E-state index < -0.39 is 0 Å². The lowest BCUT2D eigenvalue weighted by molar-refractivity contribution is -0.0476. The van der Waals surface area contributed by atoms with Gasteiger partial charge in [-0.05, 0) is 36.5 Å². The van der Waals surface area contributed by atoms with Crippen LogP contribution in [0.15, 0.2) is 0 Å². The van der Waals surface area contributed by atoms with Gasteiger partial charge in [0.25, 0.3) is 0 Å². The van der Waals surface area contributed by atoms with E-state index in [4.69, 9.17) is 9.47 Å². The van der Waals surface area contributed by atoms with Crippen molar-refractivity contribution in [2.45, 2.75) is 47.0 Å². The lowest BCUT2D eigenvalue weighted by atomic mass is 9.73. The van der Waals surface area contributed by atoms with Crippen molar-refractivity contribution in [2.75, 3.05) is 20.0 Å². The van der Waals surface area contributed by atoms with Crippen molar-refractivity contribution < 1.29 is 9.47 Å². The largest absolute Gasteiger partial charge is 0.355 e. The molecule has 0 radical (unpaired) electrons. The van der Waals surface area contributed by atoms with Gasteiger partial charge in [-0.2, -0.15) is 0 Å². The van der Waals surface area contributed by atoms with Crippen LogP contribution in [-0.4, -0.2) is 20.0 Å². The second kappa shape index (κ2) is 5.86. The van der Waals surface area contributed by atoms with Gasteiger partial charge < -0.3 is 9.47 Å². The fourth-order valence-corrected chi connectivity index (χ4v) is 2.87. The summed E-state index contributed by atoms with van der Waals surface area (Å²) >= 11 is 0. The topological polar surface area (TPSA) is 18.5 Å². The number of rotatable bonds is 4. The van der Waals surface area contributed by atoms with E-state index in [-0.39, 0.29) is 0 Å². The predicted octanol–water partition coefficient (Wildman–Crippen LogP) is 3.46. The Kier molecular flexibility index (Phi) is 5.07. The molecule has 0 aromatic rings. The van der Waals surface area contributed by atoms with Gasteiger partial charge >= 0.3 is 0 Å². The summed E-state index contributed by atoms with van der Waals surface area (Å²) in [4.78, 5) is 0. The summed E-state index contributed by atoms with van der Waals surface area (Å²) in [5, 5.41) is 0. The molecule has 0 aromatic heterocycles. The molecule has 1 aliphatic rings. The molecule has 0 atom stereocenters. The normalized spacial score (nSPS) is 22.0. The van der Waals surface area contributed by atoms with Crippen molar-refractivity contribution in [3.8, 4) is 0 Å². The smallest absolute Gasteiger partial charge is 0.146 e. The maximum atomic E-state index is 5.59. The molecule has 0 unspecified atom stereocenters. The third-order valence-corrected chi connectivity index (χ3v) is 3.03. The van der Waals surface area contributed by atoms with Gasteiger partial charge in [-0.15, -0.1) is 0 Å². The van der Waals surface area contributed by atoms with Crippen LogP contribution in [0.25, 0.3) is 0 Å². The highest BCUT2D eigenvalue weighted by Gasteiger charge is 2.33. The van der Waals surface area contributed by atoms with Crippen molar-refractivity contribution >= 4 is 0 Å². The Bertz CT molecular complexity index is 155. The van der Waals surface area contributed by atoms with Crippen molar-refractivity contribution in [2.24, 2.45) is 17.3 Å². The molecule has 1 rings (SSSR count). The van der Waals surface area contributed by atoms with Gasteiger partial charge in [0.2, 0.25) is 0 Å². The summed E-state index contributed by atoms with van der Waals surface area (Å²) in [5.74, 6) is 1.48. The molecular weight excluding hydrogens is 188 g/mol. The first-order chi connectivity index (χ1) is 7.04. The second-order valence-corrected chi connectivity index (χ2v) is 5.82. The third kappa shape index (κ3) is 4.52. The van der Waals surface area contributed by atoms with Gasteiger partial charge in [0.05, 0.1) is 13.2 Å². The van der Waals surface area contributed by atoms with Crippen LogP contribution in [0.1, 0.15) is 47.0 Å². The molecule has 2 heteroatoms. The highest BCUT2D eigenvalue weighted by atomic mass is 16.7. The Hall–Kier alpha value is -0.0800. The summed E-state index contributed by atoms with van der Waals surface area (Å²) in [6, 6.07) is 0. The zero-order valence-electron chi connectivity index (χ0n) is 10.7. The van der Waals surface area contributed by atoms with E-state index in [1.54, 1.807) is 0 Å². The van der Waals surface area contributed by atoms with E-state index in [2.05, 4.69) is 27.7 Å². The van der Waals surface area contributed by atoms with Crippen LogP contribution in [-0.2, 0) is 9.47 Å². The van der Waals surface area contributed by atoms with Crippen molar-refractivity contribution in [3.05, 3.63) is 0 Å². The Morgan fingerprint density at radius 3 is 2.13 bits per heavy atom. The summed E-state index contributed by atoms with van der Waals surface area (Å²) in [6.07, 6.45) is 3.67. The molecule has 1 fully saturated rings. The number of hydrogen-bond donors (Lipinski definition) is 0. The van der Waals surface area contributed by atoms with E-state index in [9.17, 15) is 0 Å².